The first-order valence-electron chi connectivity index (χ1n) is 5.76. The maximum Gasteiger partial charge on any atom is 0.315 e. The van der Waals surface area contributed by atoms with Crippen LogP contribution >= 0.6 is 0 Å². The van der Waals surface area contributed by atoms with Gasteiger partial charge in [0.25, 0.3) is 0 Å². The summed E-state index contributed by atoms with van der Waals surface area (Å²) in [5.41, 5.74) is 2.25. The van der Waals surface area contributed by atoms with Crippen molar-refractivity contribution in [1.29, 1.82) is 0 Å². The summed E-state index contributed by atoms with van der Waals surface area (Å²) in [5.74, 6) is 3.18. The first kappa shape index (κ1) is 13.9. The van der Waals surface area contributed by atoms with Gasteiger partial charge >= 0.3 is 6.03 Å². The molecule has 1 rings (SSSR count). The molecule has 4 nitrogen and oxygen atoms in total. The maximum absolute atomic E-state index is 11.3. The molecule has 2 N–H and O–H groups in total. The molecule has 0 bridgehead atoms. The van der Waals surface area contributed by atoms with Crippen molar-refractivity contribution in [3.05, 3.63) is 29.3 Å². The van der Waals surface area contributed by atoms with E-state index in [1.807, 2.05) is 19.1 Å². The average molecular weight is 246 g/mol. The molecule has 0 radical (unpaired) electrons. The third kappa shape index (κ3) is 4.38. The molecule has 1 aromatic rings. The molecule has 0 aromatic heterocycles. The lowest BCUT2D eigenvalue weighted by molar-refractivity contribution is 0.242. The smallest absolute Gasteiger partial charge is 0.315 e. The Balaban J connectivity index is 2.46. The molecule has 0 fully saturated rings. The number of amides is 2. The van der Waals surface area contributed by atoms with Crippen LogP contribution in [0, 0.1) is 19.3 Å². The number of hydrogen-bond donors (Lipinski definition) is 2. The SMILES string of the molecule is C#CCNC(=O)NCCc1cc(C)ccc1OC. The molecule has 0 atom stereocenters. The maximum atomic E-state index is 11.3. The minimum absolute atomic E-state index is 0.236. The summed E-state index contributed by atoms with van der Waals surface area (Å²) in [6.07, 6.45) is 5.76. The van der Waals surface area contributed by atoms with E-state index in [0.717, 1.165) is 11.3 Å². The highest BCUT2D eigenvalue weighted by molar-refractivity contribution is 5.74. The first-order valence-corrected chi connectivity index (χ1v) is 5.76. The second-order valence-electron chi connectivity index (χ2n) is 3.88. The minimum atomic E-state index is -0.250. The van der Waals surface area contributed by atoms with Gasteiger partial charge in [0.2, 0.25) is 0 Å². The molecular formula is C14H18N2O2. The molecule has 2 amide bonds. The van der Waals surface area contributed by atoms with Crippen molar-refractivity contribution >= 4 is 6.03 Å². The summed E-state index contributed by atoms with van der Waals surface area (Å²) in [6, 6.07) is 5.73. The number of methoxy groups -OCH3 is 1. The lowest BCUT2D eigenvalue weighted by Crippen LogP contribution is -2.36. The molecule has 4 heteroatoms. The molecule has 0 aliphatic rings. The van der Waals surface area contributed by atoms with Gasteiger partial charge in [0.1, 0.15) is 5.75 Å². The zero-order chi connectivity index (χ0) is 13.4. The summed E-state index contributed by atoms with van der Waals surface area (Å²) in [6.45, 7) is 2.80. The standard InChI is InChI=1S/C14H18N2O2/c1-4-8-15-14(17)16-9-7-12-10-11(2)5-6-13(12)18-3/h1,5-6,10H,7-9H2,2-3H3,(H2,15,16,17). The van der Waals surface area contributed by atoms with Crippen LogP contribution in [0.2, 0.25) is 0 Å². The first-order chi connectivity index (χ1) is 8.67. The second kappa shape index (κ2) is 7.23. The summed E-state index contributed by atoms with van der Waals surface area (Å²) in [4.78, 5) is 11.3. The minimum Gasteiger partial charge on any atom is -0.496 e. The van der Waals surface area contributed by atoms with Crippen LogP contribution in [-0.4, -0.2) is 26.2 Å². The highest BCUT2D eigenvalue weighted by Gasteiger charge is 2.04. The van der Waals surface area contributed by atoms with E-state index in [4.69, 9.17) is 11.2 Å². The molecule has 0 aliphatic heterocycles. The van der Waals surface area contributed by atoms with Crippen LogP contribution < -0.4 is 15.4 Å². The highest BCUT2D eigenvalue weighted by atomic mass is 16.5. The summed E-state index contributed by atoms with van der Waals surface area (Å²) in [7, 11) is 1.64. The lowest BCUT2D eigenvalue weighted by atomic mass is 10.1. The van der Waals surface area contributed by atoms with Crippen LogP contribution in [0.1, 0.15) is 11.1 Å². The van der Waals surface area contributed by atoms with Crippen LogP contribution in [0.15, 0.2) is 18.2 Å². The van der Waals surface area contributed by atoms with Crippen molar-refractivity contribution in [3.8, 4) is 18.1 Å². The Morgan fingerprint density at radius 3 is 2.89 bits per heavy atom. The Labute approximate surface area is 108 Å². The number of rotatable bonds is 5. The van der Waals surface area contributed by atoms with Gasteiger partial charge in [-0.1, -0.05) is 23.6 Å². The van der Waals surface area contributed by atoms with Crippen molar-refractivity contribution in [2.45, 2.75) is 13.3 Å². The van der Waals surface area contributed by atoms with Gasteiger partial charge < -0.3 is 15.4 Å². The number of terminal acetylenes is 1. The molecule has 96 valence electrons. The van der Waals surface area contributed by atoms with Crippen LogP contribution in [0.3, 0.4) is 0 Å². The number of urea groups is 1. The number of benzene rings is 1. The Morgan fingerprint density at radius 2 is 2.22 bits per heavy atom. The Bertz CT molecular complexity index is 450. The number of hydrogen-bond acceptors (Lipinski definition) is 2. The topological polar surface area (TPSA) is 50.4 Å². The van der Waals surface area contributed by atoms with Crippen molar-refractivity contribution in [2.75, 3.05) is 20.2 Å². The molecule has 0 spiro atoms. The molecule has 18 heavy (non-hydrogen) atoms. The molecule has 0 saturated heterocycles. The number of carbonyl (C=O) groups excluding carboxylic acids is 1. The van der Waals surface area contributed by atoms with E-state index >= 15 is 0 Å². The van der Waals surface area contributed by atoms with E-state index in [9.17, 15) is 4.79 Å². The monoisotopic (exact) mass is 246 g/mol. The van der Waals surface area contributed by atoms with Crippen molar-refractivity contribution in [1.82, 2.24) is 10.6 Å². The highest BCUT2D eigenvalue weighted by Crippen LogP contribution is 2.19. The van der Waals surface area contributed by atoms with E-state index < -0.39 is 0 Å². The lowest BCUT2D eigenvalue weighted by Gasteiger charge is -2.10. The van der Waals surface area contributed by atoms with Crippen molar-refractivity contribution in [2.24, 2.45) is 0 Å². The normalized spacial score (nSPS) is 9.39. The van der Waals surface area contributed by atoms with E-state index in [0.29, 0.717) is 13.0 Å². The van der Waals surface area contributed by atoms with Crippen LogP contribution in [0.25, 0.3) is 0 Å². The summed E-state index contributed by atoms with van der Waals surface area (Å²) < 4.78 is 5.27. The molecular weight excluding hydrogens is 228 g/mol. The molecule has 0 unspecified atom stereocenters. The van der Waals surface area contributed by atoms with Gasteiger partial charge in [-0.3, -0.25) is 0 Å². The number of aryl methyl sites for hydroxylation is 1. The average Bonchev–Trinajstić information content (AvgIpc) is 2.36. The van der Waals surface area contributed by atoms with E-state index in [-0.39, 0.29) is 12.6 Å². The van der Waals surface area contributed by atoms with Gasteiger partial charge in [0, 0.05) is 6.54 Å². The zero-order valence-electron chi connectivity index (χ0n) is 10.7. The van der Waals surface area contributed by atoms with Crippen molar-refractivity contribution in [3.63, 3.8) is 0 Å². The van der Waals surface area contributed by atoms with Gasteiger partial charge in [-0.25, -0.2) is 4.79 Å². The zero-order valence-corrected chi connectivity index (χ0v) is 10.7. The second-order valence-corrected chi connectivity index (χ2v) is 3.88. The Hall–Kier alpha value is -2.15. The van der Waals surface area contributed by atoms with E-state index in [1.165, 1.54) is 5.56 Å². The molecule has 0 saturated carbocycles. The predicted molar refractivity (Wildman–Crippen MR) is 71.7 cm³/mol. The molecule has 1 aromatic carbocycles. The Morgan fingerprint density at radius 1 is 1.44 bits per heavy atom. The Kier molecular flexibility index (Phi) is 5.59. The number of ether oxygens (including phenoxy) is 1. The van der Waals surface area contributed by atoms with E-state index in [2.05, 4.69) is 22.6 Å². The quantitative estimate of drug-likeness (QED) is 0.773. The van der Waals surface area contributed by atoms with Crippen molar-refractivity contribution < 1.29 is 9.53 Å². The molecule has 0 heterocycles. The van der Waals surface area contributed by atoms with Crippen LogP contribution in [0.5, 0.6) is 5.75 Å². The third-order valence-corrected chi connectivity index (χ3v) is 2.47. The predicted octanol–water partition coefficient (Wildman–Crippen LogP) is 1.48. The van der Waals surface area contributed by atoms with Crippen LogP contribution in [-0.2, 0) is 6.42 Å². The molecule has 0 aliphatic carbocycles. The number of carbonyl (C=O) groups is 1. The third-order valence-electron chi connectivity index (χ3n) is 2.47. The largest absolute Gasteiger partial charge is 0.496 e. The summed E-state index contributed by atoms with van der Waals surface area (Å²) in [5, 5.41) is 5.28. The fourth-order valence-electron chi connectivity index (χ4n) is 1.61. The van der Waals surface area contributed by atoms with Gasteiger partial charge in [-0.05, 0) is 25.0 Å². The van der Waals surface area contributed by atoms with Gasteiger partial charge in [0.05, 0.1) is 13.7 Å². The van der Waals surface area contributed by atoms with Crippen LogP contribution in [0.4, 0.5) is 4.79 Å². The van der Waals surface area contributed by atoms with Gasteiger partial charge in [-0.15, -0.1) is 6.42 Å². The van der Waals surface area contributed by atoms with Gasteiger partial charge in [0.15, 0.2) is 0 Å². The fourth-order valence-corrected chi connectivity index (χ4v) is 1.61. The van der Waals surface area contributed by atoms with E-state index in [1.54, 1.807) is 7.11 Å². The fraction of sp³-hybridized carbons (Fsp3) is 0.357. The van der Waals surface area contributed by atoms with Gasteiger partial charge in [-0.2, -0.15) is 0 Å². The summed E-state index contributed by atoms with van der Waals surface area (Å²) >= 11 is 0. The number of nitrogens with one attached hydrogen (secondary N) is 2.